The summed E-state index contributed by atoms with van der Waals surface area (Å²) < 4.78 is 0. The molecule has 3 aliphatic rings. The number of hydrogen-bond acceptors (Lipinski definition) is 4. The first-order chi connectivity index (χ1) is 35.5. The molecular weight excluding hydrogens is 911 g/mol. The molecule has 0 spiro atoms. The zero-order valence-electron chi connectivity index (χ0n) is 42.1. The number of carbonyl (C=O) groups excluding carboxylic acids is 1. The monoisotopic (exact) mass is 964 g/mol. The minimum absolute atomic E-state index is 0.0779. The lowest BCUT2D eigenvalue weighted by molar-refractivity contribution is 0.261. The maximum Gasteiger partial charge on any atom is 0.283 e. The summed E-state index contributed by atoms with van der Waals surface area (Å²) in [6, 6.07) is 42.9. The van der Waals surface area contributed by atoms with Crippen molar-refractivity contribution in [2.75, 3.05) is 6.54 Å². The molecule has 1 saturated carbocycles. The van der Waals surface area contributed by atoms with Crippen LogP contribution in [0.1, 0.15) is 79.8 Å². The van der Waals surface area contributed by atoms with Crippen molar-refractivity contribution in [2.45, 2.75) is 53.4 Å². The summed E-state index contributed by atoms with van der Waals surface area (Å²) in [7, 11) is 0. The maximum absolute atomic E-state index is 12.6. The van der Waals surface area contributed by atoms with E-state index in [1.54, 1.807) is 0 Å². The summed E-state index contributed by atoms with van der Waals surface area (Å²) in [5.41, 5.74) is 25.6. The highest BCUT2D eigenvalue weighted by Crippen LogP contribution is 2.42. The van der Waals surface area contributed by atoms with Crippen molar-refractivity contribution >= 4 is 63.4 Å². The molecule has 1 amide bonds. The van der Waals surface area contributed by atoms with Gasteiger partial charge in [-0.05, 0) is 221 Å². The van der Waals surface area contributed by atoms with Crippen molar-refractivity contribution in [3.8, 4) is 56.3 Å². The highest BCUT2D eigenvalue weighted by atomic mass is 32.2. The van der Waals surface area contributed by atoms with Crippen LogP contribution in [0.15, 0.2) is 126 Å². The van der Waals surface area contributed by atoms with Gasteiger partial charge in [0.2, 0.25) is 0 Å². The standard InChI is InChI=1S/C66H54N5OS/c1-8-67-66(72)73-51-25-23-50(24-26-51)63-54-29-33-58(70-54)64(60-41(4)35-39(2)36-42(60)5)56-31-27-52(68-56)62(49-21-17-46(18-22-49)14-13-45-15-19-48(20-16-45)47-11-9-10-12-47)53-28-32-57(69-53)65(59-34-30-55(63)71-59)61-43(6)37-40(3)38-44(61)7/h9-12,15-38,68,71H,8H2,1-7H3,(H,67,72). The molecule has 355 valence electrons. The largest absolute Gasteiger partial charge is 0.354 e. The van der Waals surface area contributed by atoms with Gasteiger partial charge in [0.15, 0.2) is 0 Å². The first-order valence-electron chi connectivity index (χ1n) is 24.8. The topological polar surface area (TPSA) is 86.5 Å². The van der Waals surface area contributed by atoms with E-state index in [0.29, 0.717) is 6.54 Å². The van der Waals surface area contributed by atoms with E-state index in [4.69, 9.17) is 9.97 Å². The van der Waals surface area contributed by atoms with E-state index < -0.39 is 0 Å². The molecule has 7 heteroatoms. The molecule has 0 saturated heterocycles. The molecule has 8 bridgehead atoms. The van der Waals surface area contributed by atoms with Gasteiger partial charge in [-0.3, -0.25) is 4.79 Å². The van der Waals surface area contributed by atoms with Crippen molar-refractivity contribution < 1.29 is 4.79 Å². The molecule has 0 atom stereocenters. The SMILES string of the molecule is CCNC(=O)Sc1ccc(-c2c3nc(c(-c4c(C)cc(C)cc4C)c4ccc([nH]4)c(-c4ccc(C#Cc5ccc([C]6[CH][CH][CH][CH]6)cc5)cc4)c4nc(c(-c5c(C)cc(C)cc5C)c5ccc2[nH]5)C=C4)C=C3)cc1. The smallest absolute Gasteiger partial charge is 0.283 e. The number of amides is 1. The highest BCUT2D eigenvalue weighted by Gasteiger charge is 2.23. The Bertz CT molecular complexity index is 3690. The number of thioether (sulfide) groups is 1. The number of hydrogen-bond donors (Lipinski definition) is 3. The molecule has 5 radical (unpaired) electrons. The fourth-order valence-corrected chi connectivity index (χ4v) is 11.3. The van der Waals surface area contributed by atoms with Gasteiger partial charge in [-0.15, -0.1) is 0 Å². The number of fused-ring (bicyclic) bond motifs is 8. The average Bonchev–Trinajstić information content (AvgIpc) is 4.25. The van der Waals surface area contributed by atoms with Crippen molar-refractivity contribution in [3.05, 3.63) is 226 Å². The lowest BCUT2D eigenvalue weighted by Crippen LogP contribution is -2.16. The number of nitrogens with one attached hydrogen (secondary N) is 3. The fraction of sp³-hybridized carbons (Fsp3) is 0.121. The minimum atomic E-state index is -0.0779. The van der Waals surface area contributed by atoms with Crippen LogP contribution in [0.4, 0.5) is 4.79 Å². The Hall–Kier alpha value is -7.92. The number of H-pyrrole nitrogens is 2. The van der Waals surface area contributed by atoms with E-state index >= 15 is 0 Å². The number of aromatic nitrogens is 4. The van der Waals surface area contributed by atoms with E-state index in [9.17, 15) is 4.79 Å². The third-order valence-corrected chi connectivity index (χ3v) is 14.5. The molecule has 11 rings (SSSR count). The highest BCUT2D eigenvalue weighted by molar-refractivity contribution is 8.13. The molecule has 73 heavy (non-hydrogen) atoms. The second-order valence-corrected chi connectivity index (χ2v) is 20.1. The Morgan fingerprint density at radius 1 is 0.479 bits per heavy atom. The predicted octanol–water partition coefficient (Wildman–Crippen LogP) is 16.1. The molecule has 1 aliphatic carbocycles. The van der Waals surface area contributed by atoms with Gasteiger partial charge in [0.1, 0.15) is 0 Å². The van der Waals surface area contributed by atoms with E-state index in [2.05, 4.69) is 228 Å². The van der Waals surface area contributed by atoms with E-state index in [1.165, 1.54) is 56.6 Å². The van der Waals surface area contributed by atoms with E-state index in [-0.39, 0.29) is 5.24 Å². The van der Waals surface area contributed by atoms with Gasteiger partial charge in [-0.1, -0.05) is 83.6 Å². The number of benzene rings is 5. The molecule has 3 N–H and O–H groups in total. The number of aryl methyl sites for hydroxylation is 6. The summed E-state index contributed by atoms with van der Waals surface area (Å²) in [5, 5.41) is 2.82. The number of rotatable bonds is 7. The van der Waals surface area contributed by atoms with Gasteiger partial charge < -0.3 is 15.3 Å². The van der Waals surface area contributed by atoms with Crippen LogP contribution in [0, 0.1) is 85.0 Å². The maximum atomic E-state index is 12.6. The Balaban J connectivity index is 1.16. The van der Waals surface area contributed by atoms with Crippen LogP contribution in [0.25, 0.3) is 90.9 Å². The van der Waals surface area contributed by atoms with Gasteiger partial charge in [-0.25, -0.2) is 9.97 Å². The van der Waals surface area contributed by atoms with Gasteiger partial charge in [0.05, 0.1) is 22.8 Å². The summed E-state index contributed by atoms with van der Waals surface area (Å²) in [6.07, 6.45) is 17.0. The summed E-state index contributed by atoms with van der Waals surface area (Å²) in [5.74, 6) is 8.01. The van der Waals surface area contributed by atoms with Crippen LogP contribution in [-0.2, 0) is 0 Å². The average molecular weight is 965 g/mol. The van der Waals surface area contributed by atoms with Gasteiger partial charge >= 0.3 is 0 Å². The molecule has 5 heterocycles. The Kier molecular flexibility index (Phi) is 12.9. The van der Waals surface area contributed by atoms with Crippen LogP contribution in [-0.4, -0.2) is 31.7 Å². The summed E-state index contributed by atoms with van der Waals surface area (Å²) in [6.45, 7) is 15.6. The number of carbonyl (C=O) groups is 1. The van der Waals surface area contributed by atoms with E-state index in [0.717, 1.165) is 105 Å². The van der Waals surface area contributed by atoms with Gasteiger partial charge in [0.25, 0.3) is 5.24 Å². The molecule has 0 unspecified atom stereocenters. The first-order valence-corrected chi connectivity index (χ1v) is 25.6. The van der Waals surface area contributed by atoms with Gasteiger partial charge in [-0.2, -0.15) is 0 Å². The third kappa shape index (κ3) is 9.52. The quantitative estimate of drug-likeness (QED) is 0.110. The van der Waals surface area contributed by atoms with Crippen molar-refractivity contribution in [2.24, 2.45) is 0 Å². The summed E-state index contributed by atoms with van der Waals surface area (Å²) in [4.78, 5) is 32.5. The first kappa shape index (κ1) is 47.4. The number of aromatic amines is 2. The molecule has 2 aliphatic heterocycles. The Morgan fingerprint density at radius 3 is 1.26 bits per heavy atom. The van der Waals surface area contributed by atoms with Crippen LogP contribution in [0.3, 0.4) is 0 Å². The lowest BCUT2D eigenvalue weighted by atomic mass is 9.92. The Labute approximate surface area is 433 Å². The zero-order valence-corrected chi connectivity index (χ0v) is 42.9. The van der Waals surface area contributed by atoms with Crippen LogP contribution < -0.4 is 5.32 Å². The normalized spacial score (nSPS) is 13.1. The van der Waals surface area contributed by atoms with Crippen LogP contribution in [0.2, 0.25) is 0 Å². The van der Waals surface area contributed by atoms with Crippen molar-refractivity contribution in [1.82, 2.24) is 25.3 Å². The summed E-state index contributed by atoms with van der Waals surface area (Å²) >= 11 is 1.19. The molecule has 1 fully saturated rings. The second kappa shape index (κ2) is 19.9. The van der Waals surface area contributed by atoms with Crippen LogP contribution in [0.5, 0.6) is 0 Å². The second-order valence-electron chi connectivity index (χ2n) is 19.1. The van der Waals surface area contributed by atoms with Crippen LogP contribution >= 0.6 is 11.8 Å². The molecule has 6 nitrogen and oxygen atoms in total. The lowest BCUT2D eigenvalue weighted by Gasteiger charge is -2.13. The van der Waals surface area contributed by atoms with Crippen molar-refractivity contribution in [1.29, 1.82) is 0 Å². The molecule has 3 aromatic heterocycles. The van der Waals surface area contributed by atoms with Gasteiger partial charge in [0, 0.05) is 72.8 Å². The number of nitrogens with zero attached hydrogens (tertiary/aromatic N) is 2. The minimum Gasteiger partial charge on any atom is -0.354 e. The third-order valence-electron chi connectivity index (χ3n) is 13.7. The van der Waals surface area contributed by atoms with Crippen molar-refractivity contribution in [3.63, 3.8) is 0 Å². The molecular formula is C66H54N5OS. The molecule has 5 aromatic carbocycles. The molecule has 8 aromatic rings. The zero-order chi connectivity index (χ0) is 50.3. The van der Waals surface area contributed by atoms with E-state index in [1.807, 2.05) is 19.1 Å². The Morgan fingerprint density at radius 2 is 0.849 bits per heavy atom. The fourth-order valence-electron chi connectivity index (χ4n) is 10.6. The predicted molar refractivity (Wildman–Crippen MR) is 306 cm³/mol.